The number of carbonyl (C=O) groups is 2. The van der Waals surface area contributed by atoms with Gasteiger partial charge in [-0.2, -0.15) is 0 Å². The second kappa shape index (κ2) is 7.82. The lowest BCUT2D eigenvalue weighted by Gasteiger charge is -2.05. The molecule has 28 heavy (non-hydrogen) atoms. The highest BCUT2D eigenvalue weighted by Crippen LogP contribution is 2.29. The molecule has 3 aromatic rings. The predicted octanol–water partition coefficient (Wildman–Crippen LogP) is 3.29. The number of hydrogen-bond acceptors (Lipinski definition) is 5. The van der Waals surface area contributed by atoms with Gasteiger partial charge in [0.2, 0.25) is 5.91 Å². The Morgan fingerprint density at radius 3 is 2.86 bits per heavy atom. The summed E-state index contributed by atoms with van der Waals surface area (Å²) in [6, 6.07) is 12.9. The van der Waals surface area contributed by atoms with E-state index < -0.39 is 0 Å². The van der Waals surface area contributed by atoms with Crippen molar-refractivity contribution in [1.82, 2.24) is 10.3 Å². The van der Waals surface area contributed by atoms with Gasteiger partial charge >= 0.3 is 0 Å². The topological polar surface area (TPSA) is 80.3 Å². The van der Waals surface area contributed by atoms with Crippen LogP contribution in [-0.4, -0.2) is 30.5 Å². The number of aromatic nitrogens is 1. The maximum atomic E-state index is 12.2. The highest BCUT2D eigenvalue weighted by molar-refractivity contribution is 7.09. The summed E-state index contributed by atoms with van der Waals surface area (Å²) >= 11 is 1.57. The number of rotatable bonds is 6. The molecule has 0 unspecified atom stereocenters. The Bertz CT molecular complexity index is 1030. The van der Waals surface area contributed by atoms with Crippen LogP contribution in [0.25, 0.3) is 11.3 Å². The molecule has 6 nitrogen and oxygen atoms in total. The van der Waals surface area contributed by atoms with E-state index in [2.05, 4.69) is 15.6 Å². The fourth-order valence-electron chi connectivity index (χ4n) is 3.07. The summed E-state index contributed by atoms with van der Waals surface area (Å²) in [7, 11) is 1.59. The van der Waals surface area contributed by atoms with Gasteiger partial charge in [0.1, 0.15) is 5.75 Å². The fraction of sp³-hybridized carbons (Fsp3) is 0.190. The summed E-state index contributed by atoms with van der Waals surface area (Å²) in [6.45, 7) is 0.514. The minimum atomic E-state index is -0.116. The van der Waals surface area contributed by atoms with E-state index in [0.717, 1.165) is 33.3 Å². The number of fused-ring (bicyclic) bond motifs is 1. The van der Waals surface area contributed by atoms with Gasteiger partial charge < -0.3 is 15.4 Å². The Hall–Kier alpha value is -3.19. The van der Waals surface area contributed by atoms with Crippen LogP contribution >= 0.6 is 11.3 Å². The van der Waals surface area contributed by atoms with Gasteiger partial charge in [0.15, 0.2) is 0 Å². The number of hydrogen-bond donors (Lipinski definition) is 2. The van der Waals surface area contributed by atoms with Crippen LogP contribution in [0.4, 0.5) is 5.69 Å². The average molecular weight is 393 g/mol. The van der Waals surface area contributed by atoms with Gasteiger partial charge in [0, 0.05) is 35.2 Å². The highest BCUT2D eigenvalue weighted by Gasteiger charge is 2.18. The lowest BCUT2D eigenvalue weighted by Crippen LogP contribution is -2.25. The molecule has 0 radical (unpaired) electrons. The molecule has 142 valence electrons. The van der Waals surface area contributed by atoms with Crippen molar-refractivity contribution in [2.75, 3.05) is 19.0 Å². The molecule has 0 fully saturated rings. The summed E-state index contributed by atoms with van der Waals surface area (Å²) in [6.07, 6.45) is 1.08. The molecule has 1 aliphatic heterocycles. The molecule has 1 aromatic heterocycles. The SMILES string of the molecule is COc1ccc(C(=O)NCCc2nc(-c3ccc4c(c3)CC(=O)N4)cs2)cc1. The summed E-state index contributed by atoms with van der Waals surface area (Å²) in [4.78, 5) is 28.4. The Kier molecular flexibility index (Phi) is 5.08. The van der Waals surface area contributed by atoms with Crippen LogP contribution < -0.4 is 15.4 Å². The minimum Gasteiger partial charge on any atom is -0.497 e. The molecule has 2 N–H and O–H groups in total. The van der Waals surface area contributed by atoms with Crippen LogP contribution in [0.2, 0.25) is 0 Å². The predicted molar refractivity (Wildman–Crippen MR) is 109 cm³/mol. The van der Waals surface area contributed by atoms with Gasteiger partial charge in [0.25, 0.3) is 5.91 Å². The molecular formula is C21H19N3O3S. The van der Waals surface area contributed by atoms with E-state index >= 15 is 0 Å². The van der Waals surface area contributed by atoms with E-state index in [9.17, 15) is 9.59 Å². The zero-order valence-electron chi connectivity index (χ0n) is 15.3. The summed E-state index contributed by atoms with van der Waals surface area (Å²) < 4.78 is 5.10. The normalized spacial score (nSPS) is 12.4. The number of benzene rings is 2. The Morgan fingerprint density at radius 2 is 2.07 bits per heavy atom. The standard InChI is InChI=1S/C21H19N3O3S/c1-27-16-5-2-13(3-6-16)21(26)22-9-8-20-24-18(12-28-20)14-4-7-17-15(10-14)11-19(25)23-17/h2-7,10,12H,8-9,11H2,1H3,(H,22,26)(H,23,25). The van der Waals surface area contributed by atoms with Gasteiger partial charge in [-0.1, -0.05) is 6.07 Å². The molecule has 0 atom stereocenters. The van der Waals surface area contributed by atoms with Gasteiger partial charge in [-0.05, 0) is 42.0 Å². The summed E-state index contributed by atoms with van der Waals surface area (Å²) in [5.74, 6) is 0.632. The Labute approximate surface area is 166 Å². The van der Waals surface area contributed by atoms with Crippen LogP contribution in [0, 0.1) is 0 Å². The van der Waals surface area contributed by atoms with E-state index in [1.807, 2.05) is 23.6 Å². The molecule has 1 aliphatic rings. The van der Waals surface area contributed by atoms with Crippen molar-refractivity contribution < 1.29 is 14.3 Å². The first-order chi connectivity index (χ1) is 13.6. The van der Waals surface area contributed by atoms with Crippen molar-refractivity contribution in [2.24, 2.45) is 0 Å². The molecule has 2 heterocycles. The zero-order chi connectivity index (χ0) is 19.5. The van der Waals surface area contributed by atoms with Crippen molar-refractivity contribution in [2.45, 2.75) is 12.8 Å². The number of carbonyl (C=O) groups excluding carboxylic acids is 2. The van der Waals surface area contributed by atoms with Crippen LogP contribution in [0.15, 0.2) is 47.8 Å². The second-order valence-corrected chi connectivity index (χ2v) is 7.40. The Morgan fingerprint density at radius 1 is 1.25 bits per heavy atom. The maximum Gasteiger partial charge on any atom is 0.251 e. The lowest BCUT2D eigenvalue weighted by atomic mass is 10.1. The largest absolute Gasteiger partial charge is 0.497 e. The van der Waals surface area contributed by atoms with Crippen LogP contribution in [0.5, 0.6) is 5.75 Å². The lowest BCUT2D eigenvalue weighted by molar-refractivity contribution is -0.115. The van der Waals surface area contributed by atoms with Crippen molar-refractivity contribution in [3.8, 4) is 17.0 Å². The van der Waals surface area contributed by atoms with E-state index in [4.69, 9.17) is 4.74 Å². The molecule has 2 amide bonds. The molecule has 4 rings (SSSR count). The molecule has 0 bridgehead atoms. The fourth-order valence-corrected chi connectivity index (χ4v) is 3.88. The first-order valence-electron chi connectivity index (χ1n) is 8.92. The molecule has 0 aliphatic carbocycles. The molecule has 7 heteroatoms. The molecule has 0 saturated carbocycles. The summed E-state index contributed by atoms with van der Waals surface area (Å²) in [5.41, 5.74) is 4.37. The number of ether oxygens (including phenoxy) is 1. The number of amides is 2. The Balaban J connectivity index is 1.34. The molecule has 0 saturated heterocycles. The van der Waals surface area contributed by atoms with Crippen LogP contribution in [0.1, 0.15) is 20.9 Å². The van der Waals surface area contributed by atoms with E-state index in [-0.39, 0.29) is 11.8 Å². The molecule has 0 spiro atoms. The van der Waals surface area contributed by atoms with E-state index in [1.165, 1.54) is 0 Å². The average Bonchev–Trinajstić information content (AvgIpc) is 3.33. The highest BCUT2D eigenvalue weighted by atomic mass is 32.1. The van der Waals surface area contributed by atoms with Crippen molar-refractivity contribution in [1.29, 1.82) is 0 Å². The van der Waals surface area contributed by atoms with Crippen molar-refractivity contribution in [3.63, 3.8) is 0 Å². The monoisotopic (exact) mass is 393 g/mol. The third kappa shape index (κ3) is 3.89. The van der Waals surface area contributed by atoms with E-state index in [0.29, 0.717) is 24.9 Å². The third-order valence-corrected chi connectivity index (χ3v) is 5.46. The number of anilines is 1. The molecule has 2 aromatic carbocycles. The number of nitrogens with zero attached hydrogens (tertiary/aromatic N) is 1. The smallest absolute Gasteiger partial charge is 0.251 e. The summed E-state index contributed by atoms with van der Waals surface area (Å²) in [5, 5.41) is 8.71. The number of nitrogens with one attached hydrogen (secondary N) is 2. The maximum absolute atomic E-state index is 12.2. The second-order valence-electron chi connectivity index (χ2n) is 6.46. The minimum absolute atomic E-state index is 0.0266. The number of thiazole rings is 1. The molecular weight excluding hydrogens is 374 g/mol. The van der Waals surface area contributed by atoms with E-state index in [1.54, 1.807) is 42.7 Å². The van der Waals surface area contributed by atoms with Gasteiger partial charge in [-0.15, -0.1) is 11.3 Å². The van der Waals surface area contributed by atoms with Crippen molar-refractivity contribution >= 4 is 28.8 Å². The van der Waals surface area contributed by atoms with Gasteiger partial charge in [0.05, 0.1) is 24.2 Å². The van der Waals surface area contributed by atoms with Crippen molar-refractivity contribution in [3.05, 3.63) is 64.0 Å². The first-order valence-corrected chi connectivity index (χ1v) is 9.80. The zero-order valence-corrected chi connectivity index (χ0v) is 16.1. The number of methoxy groups -OCH3 is 1. The first kappa shape index (κ1) is 18.2. The quantitative estimate of drug-likeness (QED) is 0.673. The van der Waals surface area contributed by atoms with Crippen LogP contribution in [0.3, 0.4) is 0 Å². The van der Waals surface area contributed by atoms with Crippen LogP contribution in [-0.2, 0) is 17.6 Å². The third-order valence-electron chi connectivity index (χ3n) is 4.55. The van der Waals surface area contributed by atoms with Gasteiger partial charge in [-0.25, -0.2) is 4.98 Å². The van der Waals surface area contributed by atoms with Gasteiger partial charge in [-0.3, -0.25) is 9.59 Å².